The predicted molar refractivity (Wildman–Crippen MR) is 73.8 cm³/mol. The van der Waals surface area contributed by atoms with Crippen LogP contribution in [0.3, 0.4) is 0 Å². The van der Waals surface area contributed by atoms with Crippen LogP contribution in [0.25, 0.3) is 0 Å². The second kappa shape index (κ2) is 4.98. The number of nitrogens with two attached hydrogens (primary N) is 1. The van der Waals surface area contributed by atoms with Gasteiger partial charge >= 0.3 is 0 Å². The van der Waals surface area contributed by atoms with Crippen LogP contribution in [0.2, 0.25) is 0 Å². The van der Waals surface area contributed by atoms with E-state index in [2.05, 4.69) is 9.71 Å². The molecule has 2 aromatic rings. The number of thiazole rings is 1. The first-order valence-electron chi connectivity index (χ1n) is 5.24. The van der Waals surface area contributed by atoms with E-state index in [0.29, 0.717) is 0 Å². The normalized spacial score (nSPS) is 11.2. The zero-order chi connectivity index (χ0) is 14.0. The maximum atomic E-state index is 12.1. The van der Waals surface area contributed by atoms with Gasteiger partial charge in [0.05, 0.1) is 5.69 Å². The molecule has 0 amide bonds. The lowest BCUT2D eigenvalue weighted by Gasteiger charge is -2.07. The van der Waals surface area contributed by atoms with Crippen molar-refractivity contribution in [1.82, 2.24) is 4.98 Å². The minimum absolute atomic E-state index is 0.0189. The molecule has 1 heterocycles. The molecular formula is C11H11N3O3S2. The molecule has 2 rings (SSSR count). The molecule has 0 bridgehead atoms. The highest BCUT2D eigenvalue weighted by Gasteiger charge is 2.19. The first kappa shape index (κ1) is 13.5. The fourth-order valence-electron chi connectivity index (χ4n) is 1.38. The number of hydrogen-bond donors (Lipinski definition) is 2. The van der Waals surface area contributed by atoms with Gasteiger partial charge in [0.2, 0.25) is 0 Å². The molecule has 3 N–H and O–H groups in total. The minimum Gasteiger partial charge on any atom is -0.398 e. The summed E-state index contributed by atoms with van der Waals surface area (Å²) in [7, 11) is -3.79. The molecule has 1 aromatic heterocycles. The Bertz CT molecular complexity index is 722. The first-order chi connectivity index (χ1) is 8.90. The lowest BCUT2D eigenvalue weighted by Crippen LogP contribution is -2.14. The predicted octanol–water partition coefficient (Wildman–Crippen LogP) is 1.73. The Kier molecular flexibility index (Phi) is 3.54. The summed E-state index contributed by atoms with van der Waals surface area (Å²) < 4.78 is 26.5. The number of nitrogen functional groups attached to an aromatic ring is 1. The third-order valence-electron chi connectivity index (χ3n) is 2.30. The third kappa shape index (κ3) is 2.91. The van der Waals surface area contributed by atoms with Gasteiger partial charge < -0.3 is 5.73 Å². The number of sulfonamides is 1. The molecule has 100 valence electrons. The number of hydrogen-bond acceptors (Lipinski definition) is 6. The molecule has 6 nitrogen and oxygen atoms in total. The number of ketones is 1. The average Bonchev–Trinajstić information content (AvgIpc) is 2.77. The molecule has 0 fully saturated rings. The summed E-state index contributed by atoms with van der Waals surface area (Å²) >= 11 is 1.04. The number of nitrogens with one attached hydrogen (secondary N) is 1. The van der Waals surface area contributed by atoms with Gasteiger partial charge in [-0.15, -0.1) is 11.3 Å². The highest BCUT2D eigenvalue weighted by Crippen LogP contribution is 2.23. The maximum Gasteiger partial charge on any atom is 0.265 e. The Labute approximate surface area is 114 Å². The number of Topliss-reactive ketones (excluding diaryl/α,β-unsaturated/α-hetero) is 1. The summed E-state index contributed by atoms with van der Waals surface area (Å²) in [6, 6.07) is 6.12. The van der Waals surface area contributed by atoms with E-state index in [1.807, 2.05) is 0 Å². The van der Waals surface area contributed by atoms with Crippen LogP contribution in [0.4, 0.5) is 10.8 Å². The zero-order valence-corrected chi connectivity index (χ0v) is 11.6. The van der Waals surface area contributed by atoms with Gasteiger partial charge in [-0.1, -0.05) is 12.1 Å². The monoisotopic (exact) mass is 297 g/mol. The first-order valence-corrected chi connectivity index (χ1v) is 7.60. The SMILES string of the molecule is CC(=O)c1csc(NS(=O)(=O)c2ccccc2N)n1. The smallest absolute Gasteiger partial charge is 0.265 e. The molecule has 0 spiro atoms. The van der Waals surface area contributed by atoms with Gasteiger partial charge in [-0.3, -0.25) is 9.52 Å². The van der Waals surface area contributed by atoms with Crippen LogP contribution in [-0.2, 0) is 10.0 Å². The van der Waals surface area contributed by atoms with Gasteiger partial charge in [0.1, 0.15) is 10.6 Å². The summed E-state index contributed by atoms with van der Waals surface area (Å²) in [4.78, 5) is 15.0. The number of nitrogens with zero attached hydrogens (tertiary/aromatic N) is 1. The topological polar surface area (TPSA) is 102 Å². The Morgan fingerprint density at radius 3 is 2.63 bits per heavy atom. The Balaban J connectivity index is 2.31. The van der Waals surface area contributed by atoms with E-state index in [1.165, 1.54) is 24.4 Å². The van der Waals surface area contributed by atoms with E-state index < -0.39 is 10.0 Å². The molecule has 0 aliphatic rings. The second-order valence-corrected chi connectivity index (χ2v) is 6.25. The number of aromatic nitrogens is 1. The molecule has 1 aromatic carbocycles. The van der Waals surface area contributed by atoms with Crippen molar-refractivity contribution in [2.24, 2.45) is 0 Å². The Morgan fingerprint density at radius 1 is 1.37 bits per heavy atom. The molecule has 0 saturated carbocycles. The number of carbonyl (C=O) groups is 1. The summed E-state index contributed by atoms with van der Waals surface area (Å²) in [6.07, 6.45) is 0. The highest BCUT2D eigenvalue weighted by molar-refractivity contribution is 7.93. The molecule has 0 unspecified atom stereocenters. The van der Waals surface area contributed by atoms with Crippen LogP contribution >= 0.6 is 11.3 Å². The summed E-state index contributed by atoms with van der Waals surface area (Å²) in [5.74, 6) is -0.221. The molecule has 0 aliphatic carbocycles. The number of carbonyl (C=O) groups excluding carboxylic acids is 1. The van der Waals surface area contributed by atoms with Crippen molar-refractivity contribution in [2.75, 3.05) is 10.5 Å². The summed E-state index contributed by atoms with van der Waals surface area (Å²) in [5, 5.41) is 1.63. The Hall–Kier alpha value is -1.93. The van der Waals surface area contributed by atoms with Crippen LogP contribution in [-0.4, -0.2) is 19.2 Å². The van der Waals surface area contributed by atoms with E-state index in [9.17, 15) is 13.2 Å². The zero-order valence-electron chi connectivity index (χ0n) is 9.95. The van der Waals surface area contributed by atoms with Gasteiger partial charge in [-0.05, 0) is 12.1 Å². The van der Waals surface area contributed by atoms with Crippen molar-refractivity contribution < 1.29 is 13.2 Å². The van der Waals surface area contributed by atoms with E-state index >= 15 is 0 Å². The summed E-state index contributed by atoms with van der Waals surface area (Å²) in [6.45, 7) is 1.36. The number of para-hydroxylation sites is 1. The largest absolute Gasteiger partial charge is 0.398 e. The van der Waals surface area contributed by atoms with Gasteiger partial charge in [0.15, 0.2) is 10.9 Å². The van der Waals surface area contributed by atoms with Crippen molar-refractivity contribution in [1.29, 1.82) is 0 Å². The lowest BCUT2D eigenvalue weighted by molar-refractivity contribution is 0.101. The number of rotatable bonds is 4. The average molecular weight is 297 g/mol. The van der Waals surface area contributed by atoms with E-state index in [-0.39, 0.29) is 27.2 Å². The molecule has 0 saturated heterocycles. The third-order valence-corrected chi connectivity index (χ3v) is 4.59. The standard InChI is InChI=1S/C11H11N3O3S2/c1-7(15)9-6-18-11(13-9)14-19(16,17)10-5-3-2-4-8(10)12/h2-6H,12H2,1H3,(H,13,14). The quantitative estimate of drug-likeness (QED) is 0.661. The number of benzene rings is 1. The van der Waals surface area contributed by atoms with Gasteiger partial charge in [-0.25, -0.2) is 13.4 Å². The van der Waals surface area contributed by atoms with E-state index in [0.717, 1.165) is 11.3 Å². The van der Waals surface area contributed by atoms with Crippen molar-refractivity contribution in [3.8, 4) is 0 Å². The van der Waals surface area contributed by atoms with Crippen LogP contribution in [0.15, 0.2) is 34.5 Å². The molecule has 0 aliphatic heterocycles. The van der Waals surface area contributed by atoms with E-state index in [4.69, 9.17) is 5.73 Å². The van der Waals surface area contributed by atoms with E-state index in [1.54, 1.807) is 12.1 Å². The van der Waals surface area contributed by atoms with Gasteiger partial charge in [0, 0.05) is 12.3 Å². The minimum atomic E-state index is -3.79. The second-order valence-electron chi connectivity index (χ2n) is 3.74. The van der Waals surface area contributed by atoms with Crippen molar-refractivity contribution in [3.05, 3.63) is 35.3 Å². The van der Waals surface area contributed by atoms with Crippen LogP contribution in [0.1, 0.15) is 17.4 Å². The van der Waals surface area contributed by atoms with Crippen molar-refractivity contribution >= 4 is 38.0 Å². The fraction of sp³-hybridized carbons (Fsp3) is 0.0909. The number of anilines is 2. The maximum absolute atomic E-state index is 12.1. The molecule has 8 heteroatoms. The van der Waals surface area contributed by atoms with Crippen LogP contribution in [0, 0.1) is 0 Å². The summed E-state index contributed by atoms with van der Waals surface area (Å²) in [5.41, 5.74) is 6.00. The van der Waals surface area contributed by atoms with Gasteiger partial charge in [0.25, 0.3) is 10.0 Å². The molecule has 0 atom stereocenters. The van der Waals surface area contributed by atoms with Crippen molar-refractivity contribution in [3.63, 3.8) is 0 Å². The Morgan fingerprint density at radius 2 is 2.05 bits per heavy atom. The fourth-order valence-corrected chi connectivity index (χ4v) is 3.51. The van der Waals surface area contributed by atoms with Crippen LogP contribution < -0.4 is 10.5 Å². The van der Waals surface area contributed by atoms with Crippen molar-refractivity contribution in [2.45, 2.75) is 11.8 Å². The van der Waals surface area contributed by atoms with Gasteiger partial charge in [-0.2, -0.15) is 0 Å². The molecule has 19 heavy (non-hydrogen) atoms. The molecular weight excluding hydrogens is 286 g/mol. The van der Waals surface area contributed by atoms with Crippen LogP contribution in [0.5, 0.6) is 0 Å². The lowest BCUT2D eigenvalue weighted by atomic mass is 10.3. The highest BCUT2D eigenvalue weighted by atomic mass is 32.2. The molecule has 0 radical (unpaired) electrons.